The number of ether oxygens (including phenoxy) is 1. The molecule has 3 aromatic rings. The molecule has 0 bridgehead atoms. The maximum atomic E-state index is 12.6. The fourth-order valence-corrected chi connectivity index (χ4v) is 3.46. The Kier molecular flexibility index (Phi) is 4.40. The van der Waals surface area contributed by atoms with E-state index < -0.39 is 10.8 Å². The van der Waals surface area contributed by atoms with Crippen LogP contribution in [0.15, 0.2) is 35.6 Å². The van der Waals surface area contributed by atoms with Crippen molar-refractivity contribution in [2.75, 3.05) is 7.11 Å². The third-order valence-electron chi connectivity index (χ3n) is 3.58. The number of aromatic nitrogens is 3. The first-order valence-corrected chi connectivity index (χ1v) is 8.40. The summed E-state index contributed by atoms with van der Waals surface area (Å²) < 4.78 is 17.8. The van der Waals surface area contributed by atoms with Gasteiger partial charge in [0.1, 0.15) is 5.75 Å². The fourth-order valence-electron chi connectivity index (χ4n) is 2.40. The van der Waals surface area contributed by atoms with Crippen LogP contribution in [0.25, 0.3) is 11.0 Å². The standard InChI is InChI=1S/C16H17N3O3S/c1-10-3-4-12-13(7-10)19-16(18-12)23(21)9-14-11(8-20)15(22-2)5-6-17-14/h3-7,20H,8-9H2,1-2H3,(H,18,19). The molecule has 120 valence electrons. The van der Waals surface area contributed by atoms with Gasteiger partial charge < -0.3 is 14.8 Å². The third kappa shape index (κ3) is 3.11. The zero-order valence-electron chi connectivity index (χ0n) is 12.9. The van der Waals surface area contributed by atoms with Gasteiger partial charge in [-0.2, -0.15) is 0 Å². The summed E-state index contributed by atoms with van der Waals surface area (Å²) in [7, 11) is 0.133. The number of aliphatic hydroxyl groups excluding tert-OH is 1. The smallest absolute Gasteiger partial charge is 0.197 e. The molecule has 0 spiro atoms. The Morgan fingerprint density at radius 3 is 2.91 bits per heavy atom. The first-order chi connectivity index (χ1) is 11.1. The summed E-state index contributed by atoms with van der Waals surface area (Å²) in [4.78, 5) is 11.7. The van der Waals surface area contributed by atoms with Crippen LogP contribution in [-0.4, -0.2) is 31.4 Å². The monoisotopic (exact) mass is 331 g/mol. The molecule has 2 aromatic heterocycles. The minimum absolute atomic E-state index is 0.159. The van der Waals surface area contributed by atoms with Crippen molar-refractivity contribution in [3.63, 3.8) is 0 Å². The van der Waals surface area contributed by atoms with Crippen molar-refractivity contribution in [3.8, 4) is 5.75 Å². The molecule has 2 heterocycles. The van der Waals surface area contributed by atoms with Crippen molar-refractivity contribution in [3.05, 3.63) is 47.3 Å². The Bertz CT molecular complexity index is 876. The van der Waals surface area contributed by atoms with E-state index in [1.807, 2.05) is 25.1 Å². The topological polar surface area (TPSA) is 88.1 Å². The summed E-state index contributed by atoms with van der Waals surface area (Å²) in [5, 5.41) is 9.92. The van der Waals surface area contributed by atoms with Crippen LogP contribution in [0.4, 0.5) is 0 Å². The minimum atomic E-state index is -1.39. The van der Waals surface area contributed by atoms with Crippen molar-refractivity contribution in [1.29, 1.82) is 0 Å². The number of hydrogen-bond acceptors (Lipinski definition) is 5. The fraction of sp³-hybridized carbons (Fsp3) is 0.250. The molecule has 0 amide bonds. The molecule has 0 saturated heterocycles. The molecule has 0 aliphatic carbocycles. The molecular formula is C16H17N3O3S. The number of fused-ring (bicyclic) bond motifs is 1. The minimum Gasteiger partial charge on any atom is -0.496 e. The van der Waals surface area contributed by atoms with Gasteiger partial charge in [0, 0.05) is 11.8 Å². The van der Waals surface area contributed by atoms with Crippen molar-refractivity contribution in [2.24, 2.45) is 0 Å². The summed E-state index contributed by atoms with van der Waals surface area (Å²) in [6.07, 6.45) is 1.58. The van der Waals surface area contributed by atoms with Gasteiger partial charge >= 0.3 is 0 Å². The number of rotatable bonds is 5. The molecule has 6 nitrogen and oxygen atoms in total. The number of H-pyrrole nitrogens is 1. The number of aliphatic hydroxyl groups is 1. The van der Waals surface area contributed by atoms with Crippen LogP contribution >= 0.6 is 0 Å². The van der Waals surface area contributed by atoms with E-state index in [1.165, 1.54) is 7.11 Å². The van der Waals surface area contributed by atoms with E-state index >= 15 is 0 Å². The molecule has 0 saturated carbocycles. The molecule has 2 N–H and O–H groups in total. The highest BCUT2D eigenvalue weighted by molar-refractivity contribution is 7.84. The largest absolute Gasteiger partial charge is 0.496 e. The van der Waals surface area contributed by atoms with E-state index in [4.69, 9.17) is 4.74 Å². The molecule has 0 aliphatic rings. The molecular weight excluding hydrogens is 314 g/mol. The number of nitrogens with zero attached hydrogens (tertiary/aromatic N) is 2. The van der Waals surface area contributed by atoms with Crippen LogP contribution < -0.4 is 4.74 Å². The van der Waals surface area contributed by atoms with Crippen molar-refractivity contribution in [2.45, 2.75) is 24.4 Å². The number of methoxy groups -OCH3 is 1. The SMILES string of the molecule is COc1ccnc(CS(=O)c2nc3ccc(C)cc3[nH]2)c1CO. The molecule has 1 aromatic carbocycles. The normalized spacial score (nSPS) is 12.5. The Labute approximate surface area is 136 Å². The lowest BCUT2D eigenvalue weighted by atomic mass is 10.2. The zero-order valence-corrected chi connectivity index (χ0v) is 13.7. The Hall–Kier alpha value is -2.25. The van der Waals surface area contributed by atoms with Crippen LogP contribution in [0.3, 0.4) is 0 Å². The van der Waals surface area contributed by atoms with Crippen LogP contribution in [0, 0.1) is 6.92 Å². The van der Waals surface area contributed by atoms with Crippen LogP contribution in [0.5, 0.6) is 5.75 Å². The highest BCUT2D eigenvalue weighted by Gasteiger charge is 2.16. The van der Waals surface area contributed by atoms with Gasteiger partial charge in [0.2, 0.25) is 0 Å². The van der Waals surface area contributed by atoms with Crippen molar-refractivity contribution in [1.82, 2.24) is 15.0 Å². The van der Waals surface area contributed by atoms with E-state index in [9.17, 15) is 9.32 Å². The number of imidazole rings is 1. The van der Waals surface area contributed by atoms with E-state index in [1.54, 1.807) is 12.3 Å². The van der Waals surface area contributed by atoms with Gasteiger partial charge in [-0.3, -0.25) is 9.19 Å². The Morgan fingerprint density at radius 2 is 2.17 bits per heavy atom. The lowest BCUT2D eigenvalue weighted by Gasteiger charge is -2.10. The number of aromatic amines is 1. The predicted octanol–water partition coefficient (Wildman–Crippen LogP) is 2.08. The van der Waals surface area contributed by atoms with Crippen LogP contribution in [-0.2, 0) is 23.2 Å². The molecule has 7 heteroatoms. The number of pyridine rings is 1. The van der Waals surface area contributed by atoms with E-state index in [0.29, 0.717) is 22.2 Å². The number of aryl methyl sites for hydroxylation is 1. The van der Waals surface area contributed by atoms with Gasteiger partial charge in [0.05, 0.1) is 47.0 Å². The van der Waals surface area contributed by atoms with Gasteiger partial charge in [-0.15, -0.1) is 0 Å². The number of hydrogen-bond donors (Lipinski definition) is 2. The van der Waals surface area contributed by atoms with E-state index in [2.05, 4.69) is 15.0 Å². The lowest BCUT2D eigenvalue weighted by molar-refractivity contribution is 0.272. The molecule has 23 heavy (non-hydrogen) atoms. The molecule has 1 atom stereocenters. The summed E-state index contributed by atoms with van der Waals surface area (Å²) in [5.74, 6) is 0.695. The van der Waals surface area contributed by atoms with E-state index in [0.717, 1.165) is 16.6 Å². The third-order valence-corrected chi connectivity index (χ3v) is 4.74. The average molecular weight is 331 g/mol. The number of nitrogens with one attached hydrogen (secondary N) is 1. The Balaban J connectivity index is 1.91. The highest BCUT2D eigenvalue weighted by Crippen LogP contribution is 2.23. The molecule has 0 radical (unpaired) electrons. The van der Waals surface area contributed by atoms with Gasteiger partial charge in [-0.05, 0) is 30.7 Å². The summed E-state index contributed by atoms with van der Waals surface area (Å²) in [6, 6.07) is 7.49. The summed E-state index contributed by atoms with van der Waals surface area (Å²) >= 11 is 0. The maximum Gasteiger partial charge on any atom is 0.197 e. The van der Waals surface area contributed by atoms with Gasteiger partial charge in [0.25, 0.3) is 0 Å². The van der Waals surface area contributed by atoms with Crippen molar-refractivity contribution >= 4 is 21.8 Å². The van der Waals surface area contributed by atoms with Crippen molar-refractivity contribution < 1.29 is 14.1 Å². The average Bonchev–Trinajstić information content (AvgIpc) is 2.97. The molecule has 1 unspecified atom stereocenters. The second-order valence-corrected chi connectivity index (χ2v) is 6.52. The van der Waals surface area contributed by atoms with Gasteiger partial charge in [0.15, 0.2) is 5.16 Å². The number of benzene rings is 1. The lowest BCUT2D eigenvalue weighted by Crippen LogP contribution is -2.06. The van der Waals surface area contributed by atoms with E-state index in [-0.39, 0.29) is 12.4 Å². The highest BCUT2D eigenvalue weighted by atomic mass is 32.2. The Morgan fingerprint density at radius 1 is 1.35 bits per heavy atom. The van der Waals surface area contributed by atoms with Gasteiger partial charge in [-0.1, -0.05) is 6.07 Å². The molecule has 0 fully saturated rings. The van der Waals surface area contributed by atoms with Gasteiger partial charge in [-0.25, -0.2) is 4.98 Å². The summed E-state index contributed by atoms with van der Waals surface area (Å²) in [6.45, 7) is 1.77. The predicted molar refractivity (Wildman–Crippen MR) is 87.7 cm³/mol. The van der Waals surface area contributed by atoms with Crippen LogP contribution in [0.2, 0.25) is 0 Å². The zero-order chi connectivity index (χ0) is 16.4. The second kappa shape index (κ2) is 6.47. The molecule has 3 rings (SSSR count). The first-order valence-electron chi connectivity index (χ1n) is 7.08. The molecule has 0 aliphatic heterocycles. The first kappa shape index (κ1) is 15.6. The van der Waals surface area contributed by atoms with Crippen LogP contribution in [0.1, 0.15) is 16.8 Å². The summed E-state index contributed by atoms with van der Waals surface area (Å²) in [5.41, 5.74) is 3.84. The quantitative estimate of drug-likeness (QED) is 0.747. The second-order valence-electron chi connectivity index (χ2n) is 5.15. The maximum absolute atomic E-state index is 12.6.